The van der Waals surface area contributed by atoms with E-state index in [0.717, 1.165) is 24.3 Å². The lowest BCUT2D eigenvalue weighted by Crippen LogP contribution is -2.14. The molecule has 0 aromatic carbocycles. The molecule has 2 unspecified atom stereocenters. The van der Waals surface area contributed by atoms with Crippen molar-refractivity contribution < 1.29 is 0 Å². The zero-order chi connectivity index (χ0) is 10.4. The molecule has 3 heteroatoms. The Morgan fingerprint density at radius 2 is 2.07 bits per heavy atom. The van der Waals surface area contributed by atoms with Crippen molar-refractivity contribution in [1.82, 2.24) is 4.57 Å². The third kappa shape index (κ3) is 1.66. The maximum absolute atomic E-state index is 11.1. The summed E-state index contributed by atoms with van der Waals surface area (Å²) in [5, 5.41) is 0. The minimum Gasteiger partial charge on any atom is -0.394 e. The van der Waals surface area contributed by atoms with Crippen molar-refractivity contribution in [1.29, 1.82) is 0 Å². The number of anilines is 1. The maximum Gasteiger partial charge on any atom is 0.204 e. The first-order valence-electron chi connectivity index (χ1n) is 5.68. The molecule has 2 aliphatic carbocycles. The predicted molar refractivity (Wildman–Crippen MR) is 59.4 cm³/mol. The number of nitrogens with two attached hydrogens (primary N) is 1. The molecule has 0 bridgehead atoms. The van der Waals surface area contributed by atoms with Gasteiger partial charge in [-0.15, -0.1) is 0 Å². The van der Waals surface area contributed by atoms with Crippen molar-refractivity contribution in [3.63, 3.8) is 0 Å². The van der Waals surface area contributed by atoms with E-state index in [4.69, 9.17) is 5.73 Å². The Morgan fingerprint density at radius 3 is 2.73 bits per heavy atom. The second-order valence-corrected chi connectivity index (χ2v) is 5.05. The van der Waals surface area contributed by atoms with Crippen LogP contribution in [0.15, 0.2) is 23.3 Å². The average molecular weight is 204 g/mol. The van der Waals surface area contributed by atoms with Crippen molar-refractivity contribution in [2.45, 2.75) is 25.8 Å². The summed E-state index contributed by atoms with van der Waals surface area (Å²) >= 11 is 0. The molecule has 2 N–H and O–H groups in total. The van der Waals surface area contributed by atoms with E-state index in [1.807, 2.05) is 6.20 Å². The molecule has 1 aromatic heterocycles. The topological polar surface area (TPSA) is 48.0 Å². The van der Waals surface area contributed by atoms with Crippen LogP contribution in [-0.2, 0) is 6.54 Å². The molecule has 2 aliphatic rings. The second kappa shape index (κ2) is 3.12. The zero-order valence-electron chi connectivity index (χ0n) is 8.73. The van der Waals surface area contributed by atoms with Gasteiger partial charge in [-0.2, -0.15) is 0 Å². The van der Waals surface area contributed by atoms with E-state index in [1.54, 1.807) is 12.3 Å². The minimum atomic E-state index is -0.0690. The summed E-state index contributed by atoms with van der Waals surface area (Å²) < 4.78 is 2.06. The van der Waals surface area contributed by atoms with Crippen molar-refractivity contribution in [3.05, 3.63) is 28.7 Å². The molecule has 2 saturated carbocycles. The van der Waals surface area contributed by atoms with Gasteiger partial charge in [0.25, 0.3) is 0 Å². The van der Waals surface area contributed by atoms with E-state index in [0.29, 0.717) is 5.69 Å². The largest absolute Gasteiger partial charge is 0.394 e. The number of nitrogen functional groups attached to an aromatic ring is 1. The summed E-state index contributed by atoms with van der Waals surface area (Å²) in [7, 11) is 0. The molecule has 0 aliphatic heterocycles. The number of nitrogens with zero attached hydrogens (tertiary/aromatic N) is 1. The van der Waals surface area contributed by atoms with Crippen LogP contribution < -0.4 is 11.2 Å². The van der Waals surface area contributed by atoms with Crippen LogP contribution in [0.25, 0.3) is 0 Å². The molecule has 3 nitrogen and oxygen atoms in total. The highest BCUT2D eigenvalue weighted by Gasteiger charge is 2.45. The fourth-order valence-corrected chi connectivity index (χ4v) is 2.95. The molecule has 0 saturated heterocycles. The maximum atomic E-state index is 11.1. The van der Waals surface area contributed by atoms with E-state index in [9.17, 15) is 4.79 Å². The summed E-state index contributed by atoms with van der Waals surface area (Å²) in [4.78, 5) is 11.1. The third-order valence-electron chi connectivity index (χ3n) is 3.82. The number of hydrogen-bond donors (Lipinski definition) is 1. The molecule has 3 rings (SSSR count). The number of rotatable bonds is 2. The lowest BCUT2D eigenvalue weighted by molar-refractivity contribution is 0.416. The van der Waals surface area contributed by atoms with Gasteiger partial charge in [-0.3, -0.25) is 4.79 Å². The third-order valence-corrected chi connectivity index (χ3v) is 3.82. The van der Waals surface area contributed by atoms with Gasteiger partial charge >= 0.3 is 0 Å². The Bertz CT molecular complexity index is 427. The molecular weight excluding hydrogens is 188 g/mol. The first-order chi connectivity index (χ1) is 7.22. The van der Waals surface area contributed by atoms with Gasteiger partial charge in [0.2, 0.25) is 5.43 Å². The fourth-order valence-electron chi connectivity index (χ4n) is 2.95. The molecule has 0 radical (unpaired) electrons. The molecule has 0 spiro atoms. The zero-order valence-corrected chi connectivity index (χ0v) is 8.73. The molecule has 2 fully saturated rings. The Morgan fingerprint density at radius 1 is 1.33 bits per heavy atom. The molecule has 1 heterocycles. The first-order valence-corrected chi connectivity index (χ1v) is 5.68. The van der Waals surface area contributed by atoms with Crippen LogP contribution in [0.5, 0.6) is 0 Å². The quantitative estimate of drug-likeness (QED) is 0.793. The number of hydrogen-bond acceptors (Lipinski definition) is 2. The number of pyridine rings is 1. The lowest BCUT2D eigenvalue weighted by atomic mass is 10.0. The summed E-state index contributed by atoms with van der Waals surface area (Å²) in [6, 6.07) is 1.56. The summed E-state index contributed by atoms with van der Waals surface area (Å²) in [6.45, 7) is 1.03. The highest BCUT2D eigenvalue weighted by molar-refractivity contribution is 5.33. The van der Waals surface area contributed by atoms with Gasteiger partial charge in [0.1, 0.15) is 0 Å². The van der Waals surface area contributed by atoms with Crippen LogP contribution in [0.1, 0.15) is 19.3 Å². The smallest absolute Gasteiger partial charge is 0.204 e. The first kappa shape index (κ1) is 9.01. The summed E-state index contributed by atoms with van der Waals surface area (Å²) in [6.07, 6.45) is 7.82. The Labute approximate surface area is 88.9 Å². The van der Waals surface area contributed by atoms with Crippen molar-refractivity contribution in [3.8, 4) is 0 Å². The lowest BCUT2D eigenvalue weighted by Gasteiger charge is -2.14. The van der Waals surface area contributed by atoms with Gasteiger partial charge < -0.3 is 10.3 Å². The van der Waals surface area contributed by atoms with Gasteiger partial charge in [0.15, 0.2) is 0 Å². The van der Waals surface area contributed by atoms with Crippen LogP contribution in [0.4, 0.5) is 5.69 Å². The predicted octanol–water partition coefficient (Wildman–Crippen LogP) is 1.48. The van der Waals surface area contributed by atoms with E-state index >= 15 is 0 Å². The van der Waals surface area contributed by atoms with Crippen molar-refractivity contribution in [2.24, 2.45) is 17.8 Å². The molecule has 15 heavy (non-hydrogen) atoms. The SMILES string of the molecule is Nc1cn(CC2CC3CC3C2)ccc1=O. The van der Waals surface area contributed by atoms with Crippen LogP contribution >= 0.6 is 0 Å². The van der Waals surface area contributed by atoms with E-state index in [1.165, 1.54) is 19.3 Å². The van der Waals surface area contributed by atoms with E-state index in [2.05, 4.69) is 4.57 Å². The normalized spacial score (nSPS) is 32.7. The second-order valence-electron chi connectivity index (χ2n) is 5.05. The summed E-state index contributed by atoms with van der Waals surface area (Å²) in [5.74, 6) is 2.84. The number of fused-ring (bicyclic) bond motifs is 1. The molecule has 1 aromatic rings. The number of aromatic nitrogens is 1. The standard InChI is InChI=1S/C12H16N2O/c13-11-7-14(2-1-12(11)15)6-8-3-9-5-10(9)4-8/h1-2,7-10H,3-6,13H2. The van der Waals surface area contributed by atoms with Gasteiger partial charge in [-0.25, -0.2) is 0 Å². The van der Waals surface area contributed by atoms with E-state index < -0.39 is 0 Å². The van der Waals surface area contributed by atoms with Crippen LogP contribution in [-0.4, -0.2) is 4.57 Å². The van der Waals surface area contributed by atoms with Crippen LogP contribution in [0.2, 0.25) is 0 Å². The van der Waals surface area contributed by atoms with Crippen LogP contribution in [0.3, 0.4) is 0 Å². The monoisotopic (exact) mass is 204 g/mol. The molecule has 80 valence electrons. The Balaban J connectivity index is 1.71. The average Bonchev–Trinajstić information content (AvgIpc) is 2.81. The van der Waals surface area contributed by atoms with Gasteiger partial charge in [0.05, 0.1) is 5.69 Å². The minimum absolute atomic E-state index is 0.0690. The highest BCUT2D eigenvalue weighted by Crippen LogP contribution is 2.54. The molecule has 0 amide bonds. The molecule has 2 atom stereocenters. The van der Waals surface area contributed by atoms with E-state index in [-0.39, 0.29) is 5.43 Å². The fraction of sp³-hybridized carbons (Fsp3) is 0.583. The molecular formula is C12H16N2O. The Hall–Kier alpha value is -1.25. The summed E-state index contributed by atoms with van der Waals surface area (Å²) in [5.41, 5.74) is 5.89. The van der Waals surface area contributed by atoms with Gasteiger partial charge in [-0.05, 0) is 37.0 Å². The van der Waals surface area contributed by atoms with Gasteiger partial charge in [0, 0.05) is 25.0 Å². The van der Waals surface area contributed by atoms with Crippen molar-refractivity contribution in [2.75, 3.05) is 5.73 Å². The van der Waals surface area contributed by atoms with Gasteiger partial charge in [-0.1, -0.05) is 0 Å². The van der Waals surface area contributed by atoms with Crippen LogP contribution in [0, 0.1) is 17.8 Å². The highest BCUT2D eigenvalue weighted by atomic mass is 16.1. The Kier molecular flexibility index (Phi) is 1.87. The van der Waals surface area contributed by atoms with Crippen molar-refractivity contribution >= 4 is 5.69 Å².